The molecule has 0 unspecified atom stereocenters. The van der Waals surface area contributed by atoms with Crippen LogP contribution in [0.5, 0.6) is 0 Å². The fourth-order valence-corrected chi connectivity index (χ4v) is 3.16. The molecule has 0 amide bonds. The van der Waals surface area contributed by atoms with Crippen LogP contribution in [-0.4, -0.2) is 15.8 Å². The van der Waals surface area contributed by atoms with Gasteiger partial charge in [-0.1, -0.05) is 11.6 Å². The molecule has 0 bridgehead atoms. The number of carbonyl (C=O) groups is 1. The van der Waals surface area contributed by atoms with E-state index in [9.17, 15) is 14.0 Å². The van der Waals surface area contributed by atoms with Crippen LogP contribution in [0.3, 0.4) is 0 Å². The maximum Gasteiger partial charge on any atom is 0.256 e. The number of hydrogen-bond acceptors (Lipinski definition) is 4. The van der Waals surface area contributed by atoms with E-state index >= 15 is 0 Å². The first-order valence-electron chi connectivity index (χ1n) is 8.12. The minimum absolute atomic E-state index is 0.0991. The molecule has 2 heterocycles. The Bertz CT molecular complexity index is 1280. The van der Waals surface area contributed by atoms with E-state index in [1.165, 1.54) is 31.3 Å². The molecule has 0 atom stereocenters. The Kier molecular flexibility index (Phi) is 4.12. The van der Waals surface area contributed by atoms with Gasteiger partial charge in [-0.15, -0.1) is 0 Å². The number of carbonyl (C=O) groups excluding carboxylic acids is 1. The molecule has 5 nitrogen and oxygen atoms in total. The number of nitrogens with zero attached hydrogens (tertiary/aromatic N) is 1. The van der Waals surface area contributed by atoms with Gasteiger partial charge in [0, 0.05) is 22.5 Å². The van der Waals surface area contributed by atoms with Crippen molar-refractivity contribution in [1.82, 2.24) is 9.97 Å². The number of ketones is 1. The van der Waals surface area contributed by atoms with Crippen molar-refractivity contribution in [1.29, 1.82) is 0 Å². The summed E-state index contributed by atoms with van der Waals surface area (Å²) in [5.74, 6) is -0.164. The summed E-state index contributed by atoms with van der Waals surface area (Å²) >= 11 is 6.25. The average molecular weight is 382 g/mol. The van der Waals surface area contributed by atoms with Crippen LogP contribution in [0.15, 0.2) is 53.5 Å². The molecule has 0 radical (unpaired) electrons. The predicted octanol–water partition coefficient (Wildman–Crippen LogP) is 4.82. The number of halogens is 2. The highest BCUT2D eigenvalue weighted by Crippen LogP contribution is 2.32. The van der Waals surface area contributed by atoms with Crippen LogP contribution in [0.4, 0.5) is 15.9 Å². The van der Waals surface area contributed by atoms with Crippen molar-refractivity contribution in [2.45, 2.75) is 6.92 Å². The van der Waals surface area contributed by atoms with Crippen LogP contribution in [0.25, 0.3) is 21.7 Å². The molecule has 4 rings (SSSR count). The zero-order valence-electron chi connectivity index (χ0n) is 14.1. The normalized spacial score (nSPS) is 11.1. The van der Waals surface area contributed by atoms with Crippen LogP contribution in [0.1, 0.15) is 17.3 Å². The van der Waals surface area contributed by atoms with Gasteiger partial charge in [-0.25, -0.2) is 9.37 Å². The first-order valence-corrected chi connectivity index (χ1v) is 8.50. The third-order valence-electron chi connectivity index (χ3n) is 4.30. The van der Waals surface area contributed by atoms with Crippen molar-refractivity contribution < 1.29 is 9.18 Å². The highest BCUT2D eigenvalue weighted by Gasteiger charge is 2.14. The van der Waals surface area contributed by atoms with Crippen molar-refractivity contribution in [2.24, 2.45) is 0 Å². The molecule has 0 aliphatic rings. The van der Waals surface area contributed by atoms with Gasteiger partial charge in [-0.2, -0.15) is 0 Å². The van der Waals surface area contributed by atoms with Crippen molar-refractivity contribution in [2.75, 3.05) is 5.32 Å². The molecule has 0 saturated heterocycles. The van der Waals surface area contributed by atoms with E-state index in [0.29, 0.717) is 43.8 Å². The standard InChI is InChI=1S/C20H13ClFN3O2/c1-10(26)11-2-4-15(21)17(8-11)25-19-13-6-7-23-20(27)18(13)14-9-12(22)3-5-16(14)24-19/h2-9H,1H3,(H,23,27)(H,24,25). The first-order chi connectivity index (χ1) is 12.9. The van der Waals surface area contributed by atoms with Crippen LogP contribution in [0.2, 0.25) is 5.02 Å². The summed E-state index contributed by atoms with van der Waals surface area (Å²) in [6, 6.07) is 10.6. The Morgan fingerprint density at radius 2 is 1.96 bits per heavy atom. The molecule has 0 saturated carbocycles. The summed E-state index contributed by atoms with van der Waals surface area (Å²) in [6.07, 6.45) is 1.50. The fourth-order valence-electron chi connectivity index (χ4n) is 2.99. The van der Waals surface area contributed by atoms with E-state index in [0.717, 1.165) is 0 Å². The lowest BCUT2D eigenvalue weighted by atomic mass is 10.1. The number of nitrogens with one attached hydrogen (secondary N) is 2. The summed E-state index contributed by atoms with van der Waals surface area (Å²) in [5, 5.41) is 4.76. The molecule has 27 heavy (non-hydrogen) atoms. The second kappa shape index (κ2) is 6.48. The number of aromatic nitrogens is 2. The Labute approximate surface area is 157 Å². The van der Waals surface area contributed by atoms with Gasteiger partial charge in [-0.3, -0.25) is 9.59 Å². The molecule has 0 aliphatic heterocycles. The number of benzene rings is 2. The number of pyridine rings is 2. The second-order valence-electron chi connectivity index (χ2n) is 6.09. The van der Waals surface area contributed by atoms with Crippen LogP contribution < -0.4 is 10.9 Å². The maximum atomic E-state index is 13.7. The minimum atomic E-state index is -0.452. The zero-order chi connectivity index (χ0) is 19.1. The van der Waals surface area contributed by atoms with Gasteiger partial charge < -0.3 is 10.3 Å². The topological polar surface area (TPSA) is 74.8 Å². The molecule has 134 valence electrons. The molecule has 0 aliphatic carbocycles. The number of rotatable bonds is 3. The molecular formula is C20H13ClFN3O2. The van der Waals surface area contributed by atoms with E-state index in [2.05, 4.69) is 15.3 Å². The second-order valence-corrected chi connectivity index (χ2v) is 6.50. The Hall–Kier alpha value is -3.25. The van der Waals surface area contributed by atoms with Crippen LogP contribution in [0, 0.1) is 5.82 Å². The van der Waals surface area contributed by atoms with Gasteiger partial charge >= 0.3 is 0 Å². The summed E-state index contributed by atoms with van der Waals surface area (Å²) in [5.41, 5.74) is 1.09. The highest BCUT2D eigenvalue weighted by molar-refractivity contribution is 6.33. The molecule has 0 spiro atoms. The first kappa shape index (κ1) is 17.2. The largest absolute Gasteiger partial charge is 0.338 e. The maximum absolute atomic E-state index is 13.7. The van der Waals surface area contributed by atoms with Crippen molar-refractivity contribution in [3.05, 3.63) is 75.4 Å². The van der Waals surface area contributed by atoms with Gasteiger partial charge in [-0.05, 0) is 49.4 Å². The SMILES string of the molecule is CC(=O)c1ccc(Cl)c(Nc2nc3ccc(F)cc3c3c(=O)[nH]ccc23)c1. The summed E-state index contributed by atoms with van der Waals surface area (Å²) in [6.45, 7) is 1.46. The number of aromatic amines is 1. The monoisotopic (exact) mass is 381 g/mol. The molecule has 4 aromatic rings. The number of hydrogen-bond donors (Lipinski definition) is 2. The summed E-state index contributed by atoms with van der Waals surface area (Å²) < 4.78 is 13.7. The van der Waals surface area contributed by atoms with Crippen molar-refractivity contribution in [3.63, 3.8) is 0 Å². The Morgan fingerprint density at radius 3 is 2.74 bits per heavy atom. The van der Waals surface area contributed by atoms with Gasteiger partial charge in [0.1, 0.15) is 11.6 Å². The third-order valence-corrected chi connectivity index (χ3v) is 4.63. The molecule has 2 aromatic heterocycles. The smallest absolute Gasteiger partial charge is 0.256 e. The van der Waals surface area contributed by atoms with E-state index in [4.69, 9.17) is 11.6 Å². The summed E-state index contributed by atoms with van der Waals surface area (Å²) in [7, 11) is 0. The molecule has 7 heteroatoms. The van der Waals surface area contributed by atoms with Crippen molar-refractivity contribution >= 4 is 50.6 Å². The lowest BCUT2D eigenvalue weighted by Crippen LogP contribution is -2.08. The number of anilines is 2. The number of Topliss-reactive ketones (excluding diaryl/α,β-unsaturated/α-hetero) is 1. The number of fused-ring (bicyclic) bond motifs is 3. The van der Waals surface area contributed by atoms with Gasteiger partial charge in [0.05, 0.1) is 21.6 Å². The quantitative estimate of drug-likeness (QED) is 0.394. The molecule has 2 N–H and O–H groups in total. The number of H-pyrrole nitrogens is 1. The van der Waals surface area contributed by atoms with E-state index < -0.39 is 5.82 Å². The van der Waals surface area contributed by atoms with Gasteiger partial charge in [0.15, 0.2) is 5.78 Å². The van der Waals surface area contributed by atoms with E-state index in [-0.39, 0.29) is 11.3 Å². The Balaban J connectivity index is 1.98. The molecule has 0 fully saturated rings. The molecular weight excluding hydrogens is 369 g/mol. The average Bonchev–Trinajstić information content (AvgIpc) is 2.64. The van der Waals surface area contributed by atoms with Gasteiger partial charge in [0.2, 0.25) is 0 Å². The van der Waals surface area contributed by atoms with Crippen molar-refractivity contribution in [3.8, 4) is 0 Å². The van der Waals surface area contributed by atoms with Crippen LogP contribution >= 0.6 is 11.6 Å². The summed E-state index contributed by atoms with van der Waals surface area (Å²) in [4.78, 5) is 31.2. The van der Waals surface area contributed by atoms with Crippen LogP contribution in [-0.2, 0) is 0 Å². The minimum Gasteiger partial charge on any atom is -0.338 e. The fraction of sp³-hybridized carbons (Fsp3) is 0.0500. The third kappa shape index (κ3) is 3.04. The lowest BCUT2D eigenvalue weighted by molar-refractivity contribution is 0.101. The molecule has 2 aromatic carbocycles. The van der Waals surface area contributed by atoms with E-state index in [1.807, 2.05) is 0 Å². The zero-order valence-corrected chi connectivity index (χ0v) is 14.9. The van der Waals surface area contributed by atoms with E-state index in [1.54, 1.807) is 24.3 Å². The highest BCUT2D eigenvalue weighted by atomic mass is 35.5. The predicted molar refractivity (Wildman–Crippen MR) is 105 cm³/mol. The van der Waals surface area contributed by atoms with Gasteiger partial charge in [0.25, 0.3) is 5.56 Å². The lowest BCUT2D eigenvalue weighted by Gasteiger charge is -2.13. The Morgan fingerprint density at radius 1 is 1.15 bits per heavy atom.